The molecule has 122 valence electrons. The van der Waals surface area contributed by atoms with Crippen molar-refractivity contribution < 1.29 is 20.3 Å². The van der Waals surface area contributed by atoms with Crippen molar-refractivity contribution in [2.75, 3.05) is 7.11 Å². The molecule has 0 unspecified atom stereocenters. The Morgan fingerprint density at radius 2 is 0.833 bits per heavy atom. The summed E-state index contributed by atoms with van der Waals surface area (Å²) in [6.07, 6.45) is 0. The van der Waals surface area contributed by atoms with Gasteiger partial charge in [-0.25, -0.2) is 0 Å². The van der Waals surface area contributed by atoms with Gasteiger partial charge in [0.25, 0.3) is 0 Å². The minimum atomic E-state index is -2.60. The summed E-state index contributed by atoms with van der Waals surface area (Å²) < 4.78 is 9.59. The topological polar surface area (TPSA) is 9.23 Å². The summed E-state index contributed by atoms with van der Waals surface area (Å²) in [5, 5.41) is 0. The first-order valence-electron chi connectivity index (χ1n) is 8.47. The van der Waals surface area contributed by atoms with Gasteiger partial charge in [-0.15, -0.1) is 0 Å². The number of hydrogen-bond donors (Lipinski definition) is 0. The zero-order valence-electron chi connectivity index (χ0n) is 14.2. The first kappa shape index (κ1) is 17.2. The van der Waals surface area contributed by atoms with Crippen LogP contribution in [0.1, 0.15) is 16.7 Å². The molecule has 0 saturated heterocycles. The van der Waals surface area contributed by atoms with Gasteiger partial charge in [0.15, 0.2) is 0 Å². The van der Waals surface area contributed by atoms with Gasteiger partial charge in [-0.3, -0.25) is 0 Å². The quantitative estimate of drug-likeness (QED) is 0.524. The summed E-state index contributed by atoms with van der Waals surface area (Å²) in [5.41, 5.74) is 4.18. The zero-order chi connectivity index (χ0) is 16.7. The van der Waals surface area contributed by atoms with Crippen LogP contribution in [0.2, 0.25) is 0 Å². The normalized spacial score (nSPS) is 11.4. The summed E-state index contributed by atoms with van der Waals surface area (Å²) in [6, 6.07) is 32.4. The van der Waals surface area contributed by atoms with E-state index in [9.17, 15) is 0 Å². The second-order valence-corrected chi connectivity index (χ2v) is 12.4. The third kappa shape index (κ3) is 4.67. The van der Waals surface area contributed by atoms with Crippen LogP contribution in [-0.4, -0.2) is 7.11 Å². The van der Waals surface area contributed by atoms with Crippen molar-refractivity contribution >= 4 is 0 Å². The van der Waals surface area contributed by atoms with E-state index < -0.39 is 17.0 Å². The van der Waals surface area contributed by atoms with Crippen LogP contribution in [0.5, 0.6) is 0 Å². The van der Waals surface area contributed by atoms with Gasteiger partial charge in [0, 0.05) is 0 Å². The van der Waals surface area contributed by atoms with E-state index in [-0.39, 0.29) is 0 Å². The molecule has 3 rings (SSSR count). The molecule has 0 aromatic heterocycles. The number of hydrogen-bond acceptors (Lipinski definition) is 1. The summed E-state index contributed by atoms with van der Waals surface area (Å²) in [7, 11) is 1.93. The molecule has 0 N–H and O–H groups in total. The average molecular weight is 352 g/mol. The van der Waals surface area contributed by atoms with Gasteiger partial charge in [-0.2, -0.15) is 0 Å². The van der Waals surface area contributed by atoms with E-state index >= 15 is 0 Å². The summed E-state index contributed by atoms with van der Waals surface area (Å²) in [6.45, 7) is 0. The van der Waals surface area contributed by atoms with E-state index in [1.54, 1.807) is 0 Å². The van der Waals surface area contributed by atoms with Crippen molar-refractivity contribution in [3.05, 3.63) is 108 Å². The molecular weight excluding hydrogens is 328 g/mol. The maximum absolute atomic E-state index is 6.34. The molecule has 24 heavy (non-hydrogen) atoms. The zero-order valence-corrected chi connectivity index (χ0v) is 15.8. The Bertz CT molecular complexity index is 624. The van der Waals surface area contributed by atoms with E-state index in [1.165, 1.54) is 16.7 Å². The fraction of sp³-hybridized carbons (Fsp3) is 0.182. The Morgan fingerprint density at radius 1 is 0.542 bits per heavy atom. The van der Waals surface area contributed by atoms with Crippen LogP contribution < -0.4 is 0 Å². The fourth-order valence-corrected chi connectivity index (χ4v) is 9.16. The SMILES string of the molecule is C[O][Ti]([CH2]c1ccccc1)([CH2]c1ccccc1)[CH2]c1ccccc1. The molecule has 1 nitrogen and oxygen atoms in total. The second-order valence-electron chi connectivity index (χ2n) is 6.37. The predicted molar refractivity (Wildman–Crippen MR) is 97.4 cm³/mol. The molecule has 0 fully saturated rings. The maximum atomic E-state index is 6.34. The first-order valence-corrected chi connectivity index (χ1v) is 12.4. The molecule has 0 saturated carbocycles. The van der Waals surface area contributed by atoms with E-state index in [1.807, 2.05) is 7.11 Å². The summed E-state index contributed by atoms with van der Waals surface area (Å²) in [4.78, 5) is 0. The molecule has 0 radical (unpaired) electrons. The summed E-state index contributed by atoms with van der Waals surface area (Å²) >= 11 is -2.60. The van der Waals surface area contributed by atoms with Crippen molar-refractivity contribution in [1.82, 2.24) is 0 Å². The minimum absolute atomic E-state index is 1.08. The number of benzene rings is 3. The Kier molecular flexibility index (Phi) is 6.04. The Morgan fingerprint density at radius 3 is 1.08 bits per heavy atom. The van der Waals surface area contributed by atoms with Gasteiger partial charge < -0.3 is 0 Å². The molecule has 0 atom stereocenters. The van der Waals surface area contributed by atoms with Crippen LogP contribution in [0.3, 0.4) is 0 Å². The van der Waals surface area contributed by atoms with Crippen LogP contribution in [0.15, 0.2) is 91.0 Å². The Hall–Kier alpha value is -1.67. The van der Waals surface area contributed by atoms with Crippen LogP contribution in [0.25, 0.3) is 0 Å². The molecular formula is C22H24OTi. The van der Waals surface area contributed by atoms with E-state index in [0.29, 0.717) is 0 Å². The van der Waals surface area contributed by atoms with Gasteiger partial charge in [-0.05, 0) is 0 Å². The molecule has 0 aliphatic rings. The van der Waals surface area contributed by atoms with Crippen molar-refractivity contribution in [2.45, 2.75) is 14.2 Å². The predicted octanol–water partition coefficient (Wildman–Crippen LogP) is 5.30. The summed E-state index contributed by atoms with van der Waals surface area (Å²) in [5.74, 6) is 0. The van der Waals surface area contributed by atoms with E-state index in [2.05, 4.69) is 91.0 Å². The van der Waals surface area contributed by atoms with E-state index in [4.69, 9.17) is 3.32 Å². The molecule has 2 heteroatoms. The molecule has 0 amide bonds. The van der Waals surface area contributed by atoms with Crippen LogP contribution in [0, 0.1) is 0 Å². The van der Waals surface area contributed by atoms with Crippen LogP contribution in [0.4, 0.5) is 0 Å². The third-order valence-electron chi connectivity index (χ3n) is 4.54. The second kappa shape index (κ2) is 8.44. The Labute approximate surface area is 149 Å². The molecule has 3 aromatic carbocycles. The van der Waals surface area contributed by atoms with Crippen molar-refractivity contribution in [3.8, 4) is 0 Å². The van der Waals surface area contributed by atoms with Crippen LogP contribution in [-0.2, 0) is 34.5 Å². The molecule has 0 bridgehead atoms. The van der Waals surface area contributed by atoms with E-state index in [0.717, 1.165) is 14.2 Å². The van der Waals surface area contributed by atoms with Gasteiger partial charge in [-0.1, -0.05) is 0 Å². The molecule has 0 aliphatic heterocycles. The fourth-order valence-electron chi connectivity index (χ4n) is 3.31. The first-order chi connectivity index (χ1) is 11.8. The van der Waals surface area contributed by atoms with Gasteiger partial charge in [0.05, 0.1) is 0 Å². The molecule has 0 spiro atoms. The van der Waals surface area contributed by atoms with Crippen molar-refractivity contribution in [1.29, 1.82) is 0 Å². The monoisotopic (exact) mass is 352 g/mol. The van der Waals surface area contributed by atoms with Crippen LogP contribution >= 0.6 is 0 Å². The average Bonchev–Trinajstić information content (AvgIpc) is 2.64. The molecule has 0 aliphatic carbocycles. The standard InChI is InChI=1S/3C7H7.CH3O.Ti/c3*1-7-5-3-2-4-6-7;1-2;/h3*2-6H,1H2;1H3;/q;;;-1;+1. The van der Waals surface area contributed by atoms with Gasteiger partial charge >= 0.3 is 149 Å². The third-order valence-corrected chi connectivity index (χ3v) is 10.8. The molecule has 3 aromatic rings. The number of rotatable bonds is 7. The van der Waals surface area contributed by atoms with Gasteiger partial charge in [0.2, 0.25) is 0 Å². The molecule has 0 heterocycles. The van der Waals surface area contributed by atoms with Crippen molar-refractivity contribution in [3.63, 3.8) is 0 Å². The van der Waals surface area contributed by atoms with Gasteiger partial charge in [0.1, 0.15) is 0 Å². The Balaban J connectivity index is 1.91. The van der Waals surface area contributed by atoms with Crippen molar-refractivity contribution in [2.24, 2.45) is 0 Å².